The van der Waals surface area contributed by atoms with Crippen molar-refractivity contribution in [1.82, 2.24) is 5.16 Å². The van der Waals surface area contributed by atoms with Crippen molar-refractivity contribution >= 4 is 41.1 Å². The number of nitrogens with one attached hydrogen (secondary N) is 2. The van der Waals surface area contributed by atoms with E-state index in [9.17, 15) is 14.4 Å². The molecule has 29 heavy (non-hydrogen) atoms. The maximum atomic E-state index is 12.1. The van der Waals surface area contributed by atoms with E-state index in [0.717, 1.165) is 31.0 Å². The molecule has 154 valence electrons. The van der Waals surface area contributed by atoms with Gasteiger partial charge in [0, 0.05) is 11.8 Å². The molecule has 0 saturated heterocycles. The molecule has 1 atom stereocenters. The maximum Gasteiger partial charge on any atom is 0.316 e. The number of aromatic nitrogens is 1. The Labute approximate surface area is 172 Å². The zero-order chi connectivity index (χ0) is 20.8. The average molecular weight is 417 g/mol. The predicted octanol–water partition coefficient (Wildman–Crippen LogP) is 2.71. The van der Waals surface area contributed by atoms with Gasteiger partial charge in [0.25, 0.3) is 5.91 Å². The number of anilines is 2. The number of carbonyl (C=O) groups excluding carboxylic acids is 3. The molecule has 0 saturated carbocycles. The number of thioether (sulfide) groups is 1. The van der Waals surface area contributed by atoms with Crippen LogP contribution in [0.4, 0.5) is 11.5 Å². The molecule has 2 amide bonds. The lowest BCUT2D eigenvalue weighted by molar-refractivity contribution is -0.144. The Morgan fingerprint density at radius 2 is 2.00 bits per heavy atom. The van der Waals surface area contributed by atoms with E-state index in [1.165, 1.54) is 11.1 Å². The quantitative estimate of drug-likeness (QED) is 0.635. The summed E-state index contributed by atoms with van der Waals surface area (Å²) in [5.41, 5.74) is 3.28. The number of ether oxygens (including phenoxy) is 1. The third-order valence-corrected chi connectivity index (χ3v) is 5.56. The number of amides is 2. The van der Waals surface area contributed by atoms with E-state index in [4.69, 9.17) is 9.26 Å². The van der Waals surface area contributed by atoms with Gasteiger partial charge in [0.05, 0.1) is 11.0 Å². The molecule has 0 radical (unpaired) electrons. The molecule has 1 aliphatic rings. The molecular weight excluding hydrogens is 394 g/mol. The van der Waals surface area contributed by atoms with Gasteiger partial charge in [0.15, 0.2) is 12.4 Å². The van der Waals surface area contributed by atoms with Crippen LogP contribution < -0.4 is 10.6 Å². The molecule has 3 rings (SSSR count). The smallest absolute Gasteiger partial charge is 0.316 e. The Kier molecular flexibility index (Phi) is 6.92. The first-order chi connectivity index (χ1) is 13.9. The molecule has 0 spiro atoms. The number of esters is 1. The topological polar surface area (TPSA) is 111 Å². The number of hydrogen-bond donors (Lipinski definition) is 2. The highest BCUT2D eigenvalue weighted by atomic mass is 32.2. The summed E-state index contributed by atoms with van der Waals surface area (Å²) in [7, 11) is 0. The summed E-state index contributed by atoms with van der Waals surface area (Å²) in [6, 6.07) is 7.45. The van der Waals surface area contributed by atoms with E-state index in [0.29, 0.717) is 17.3 Å². The third-order valence-electron chi connectivity index (χ3n) is 4.45. The predicted molar refractivity (Wildman–Crippen MR) is 110 cm³/mol. The van der Waals surface area contributed by atoms with Crippen molar-refractivity contribution in [2.45, 2.75) is 38.4 Å². The number of fused-ring (bicyclic) bond motifs is 1. The highest BCUT2D eigenvalue weighted by Crippen LogP contribution is 2.24. The Hall–Kier alpha value is -2.81. The average Bonchev–Trinajstić information content (AvgIpc) is 3.32. The Morgan fingerprint density at radius 1 is 1.21 bits per heavy atom. The highest BCUT2D eigenvalue weighted by molar-refractivity contribution is 8.01. The van der Waals surface area contributed by atoms with Gasteiger partial charge in [-0.2, -0.15) is 0 Å². The maximum absolute atomic E-state index is 12.1. The normalized spacial score (nSPS) is 13.4. The van der Waals surface area contributed by atoms with Gasteiger partial charge in [-0.25, -0.2) is 0 Å². The molecule has 1 aliphatic carbocycles. The van der Waals surface area contributed by atoms with Crippen molar-refractivity contribution < 1.29 is 23.6 Å². The van der Waals surface area contributed by atoms with Gasteiger partial charge in [0.2, 0.25) is 5.91 Å². The Morgan fingerprint density at radius 3 is 2.76 bits per heavy atom. The second-order valence-electron chi connectivity index (χ2n) is 6.81. The summed E-state index contributed by atoms with van der Waals surface area (Å²) in [4.78, 5) is 35.9. The fourth-order valence-corrected chi connectivity index (χ4v) is 3.64. The van der Waals surface area contributed by atoms with E-state index < -0.39 is 17.1 Å². The Balaban J connectivity index is 1.35. The van der Waals surface area contributed by atoms with Crippen LogP contribution in [0.15, 0.2) is 28.8 Å². The molecule has 9 heteroatoms. The molecule has 0 unspecified atom stereocenters. The molecule has 0 bridgehead atoms. The number of hydrogen-bond acceptors (Lipinski definition) is 7. The first-order valence-corrected chi connectivity index (χ1v) is 10.4. The largest absolute Gasteiger partial charge is 0.455 e. The minimum atomic E-state index is -0.559. The minimum Gasteiger partial charge on any atom is -0.455 e. The second kappa shape index (κ2) is 9.60. The first kappa shape index (κ1) is 20.9. The van der Waals surface area contributed by atoms with Crippen LogP contribution in [0, 0.1) is 6.92 Å². The van der Waals surface area contributed by atoms with Gasteiger partial charge < -0.3 is 19.9 Å². The summed E-state index contributed by atoms with van der Waals surface area (Å²) < 4.78 is 9.87. The number of aryl methyl sites for hydroxylation is 3. The zero-order valence-electron chi connectivity index (χ0n) is 16.3. The van der Waals surface area contributed by atoms with Crippen molar-refractivity contribution in [2.75, 3.05) is 23.0 Å². The summed E-state index contributed by atoms with van der Waals surface area (Å²) in [5.74, 6) is -0.387. The molecule has 0 aliphatic heterocycles. The van der Waals surface area contributed by atoms with Crippen molar-refractivity contribution in [1.29, 1.82) is 0 Å². The molecule has 1 heterocycles. The number of benzene rings is 1. The number of nitrogens with zero attached hydrogens (tertiary/aromatic N) is 1. The van der Waals surface area contributed by atoms with Crippen molar-refractivity contribution in [3.63, 3.8) is 0 Å². The van der Waals surface area contributed by atoms with Crippen LogP contribution in [0.1, 0.15) is 30.2 Å². The fraction of sp³-hybridized carbons (Fsp3) is 0.400. The Bertz CT molecular complexity index is 911. The van der Waals surface area contributed by atoms with Crippen molar-refractivity contribution in [3.8, 4) is 0 Å². The SMILES string of the molecule is Cc1cc(NC(=O)[C@@H](C)SCC(=O)OCC(=O)Nc2ccc3c(c2)CCC3)no1. The second-order valence-corrected chi connectivity index (χ2v) is 8.14. The van der Waals surface area contributed by atoms with Gasteiger partial charge in [-0.05, 0) is 56.4 Å². The number of carbonyl (C=O) groups is 3. The molecule has 8 nitrogen and oxygen atoms in total. The number of rotatable bonds is 8. The van der Waals surface area contributed by atoms with E-state index in [1.54, 1.807) is 19.9 Å². The van der Waals surface area contributed by atoms with E-state index in [-0.39, 0.29) is 18.3 Å². The lowest BCUT2D eigenvalue weighted by atomic mass is 10.1. The van der Waals surface area contributed by atoms with Crippen LogP contribution in [0.2, 0.25) is 0 Å². The van der Waals surface area contributed by atoms with E-state index in [2.05, 4.69) is 15.8 Å². The van der Waals surface area contributed by atoms with Gasteiger partial charge in [-0.3, -0.25) is 14.4 Å². The first-order valence-electron chi connectivity index (χ1n) is 9.34. The van der Waals surface area contributed by atoms with Crippen molar-refractivity contribution in [3.05, 3.63) is 41.2 Å². The third kappa shape index (κ3) is 6.08. The van der Waals surface area contributed by atoms with Crippen LogP contribution in [-0.4, -0.2) is 40.6 Å². The fourth-order valence-electron chi connectivity index (χ4n) is 2.96. The van der Waals surface area contributed by atoms with Crippen LogP contribution in [0.25, 0.3) is 0 Å². The summed E-state index contributed by atoms with van der Waals surface area (Å²) >= 11 is 1.11. The zero-order valence-corrected chi connectivity index (χ0v) is 17.1. The van der Waals surface area contributed by atoms with Gasteiger partial charge >= 0.3 is 5.97 Å². The molecule has 2 aromatic rings. The van der Waals surface area contributed by atoms with Crippen molar-refractivity contribution in [2.24, 2.45) is 0 Å². The summed E-state index contributed by atoms with van der Waals surface area (Å²) in [6.45, 7) is 3.02. The molecule has 0 fully saturated rings. The van der Waals surface area contributed by atoms with Crippen LogP contribution >= 0.6 is 11.8 Å². The van der Waals surface area contributed by atoms with Crippen LogP contribution in [-0.2, 0) is 32.0 Å². The van der Waals surface area contributed by atoms with Gasteiger partial charge in [-0.1, -0.05) is 11.2 Å². The standard InChI is InChI=1S/C20H23N3O5S/c1-12-8-17(23-28-12)22-20(26)13(2)29-11-19(25)27-10-18(24)21-16-7-6-14-4-3-5-15(14)9-16/h6-9,13H,3-5,10-11H2,1-2H3,(H,21,24)(H,22,23,26)/t13-/m1/s1. The highest BCUT2D eigenvalue weighted by Gasteiger charge is 2.18. The van der Waals surface area contributed by atoms with E-state index >= 15 is 0 Å². The van der Waals surface area contributed by atoms with Crippen LogP contribution in [0.3, 0.4) is 0 Å². The lowest BCUT2D eigenvalue weighted by Crippen LogP contribution is -2.25. The molecule has 1 aromatic carbocycles. The summed E-state index contributed by atoms with van der Waals surface area (Å²) in [6.07, 6.45) is 3.23. The van der Waals surface area contributed by atoms with Crippen LogP contribution in [0.5, 0.6) is 0 Å². The summed E-state index contributed by atoms with van der Waals surface area (Å²) in [5, 5.41) is 8.52. The van der Waals surface area contributed by atoms with Gasteiger partial charge in [-0.15, -0.1) is 11.8 Å². The molecule has 2 N–H and O–H groups in total. The monoisotopic (exact) mass is 417 g/mol. The van der Waals surface area contributed by atoms with E-state index in [1.807, 2.05) is 18.2 Å². The van der Waals surface area contributed by atoms with Gasteiger partial charge in [0.1, 0.15) is 5.76 Å². The minimum absolute atomic E-state index is 0.0431. The molecular formula is C20H23N3O5S. The lowest BCUT2D eigenvalue weighted by Gasteiger charge is -2.11. The molecule has 1 aromatic heterocycles.